The zero-order valence-electron chi connectivity index (χ0n) is 11.7. The van der Waals surface area contributed by atoms with Gasteiger partial charge < -0.3 is 5.73 Å². The molecule has 1 aromatic carbocycles. The molecule has 0 bridgehead atoms. The number of halogens is 2. The molecule has 0 aliphatic heterocycles. The van der Waals surface area contributed by atoms with Crippen molar-refractivity contribution >= 4 is 34.9 Å². The highest BCUT2D eigenvalue weighted by molar-refractivity contribution is 6.45. The number of hydrogen-bond acceptors (Lipinski definition) is 2. The number of benzene rings is 1. The summed E-state index contributed by atoms with van der Waals surface area (Å²) in [5.41, 5.74) is 6.68. The Hall–Kier alpha value is -1.06. The molecule has 2 N–H and O–H groups in total. The van der Waals surface area contributed by atoms with Gasteiger partial charge >= 0.3 is 0 Å². The van der Waals surface area contributed by atoms with Crippen LogP contribution in [0.1, 0.15) is 42.3 Å². The number of nitrogens with two attached hydrogens (primary N) is 1. The summed E-state index contributed by atoms with van der Waals surface area (Å²) >= 11 is 12.4. The second-order valence-electron chi connectivity index (χ2n) is 5.92. The molecule has 2 rings (SSSR count). The van der Waals surface area contributed by atoms with Crippen molar-refractivity contribution in [2.45, 2.75) is 33.6 Å². The number of primary amides is 1. The second kappa shape index (κ2) is 5.05. The Labute approximate surface area is 128 Å². The lowest BCUT2D eigenvalue weighted by Crippen LogP contribution is -2.30. The molecular formula is C15H17Cl2NO2. The largest absolute Gasteiger partial charge is 0.369 e. The lowest BCUT2D eigenvalue weighted by Gasteiger charge is -2.26. The summed E-state index contributed by atoms with van der Waals surface area (Å²) in [4.78, 5) is 23.7. The molecule has 1 aliphatic rings. The van der Waals surface area contributed by atoms with Crippen LogP contribution in [0.4, 0.5) is 0 Å². The van der Waals surface area contributed by atoms with E-state index in [1.165, 1.54) is 0 Å². The van der Waals surface area contributed by atoms with Gasteiger partial charge in [0.05, 0.1) is 16.5 Å². The zero-order chi connectivity index (χ0) is 15.2. The monoisotopic (exact) mass is 313 g/mol. The van der Waals surface area contributed by atoms with Crippen molar-refractivity contribution in [3.8, 4) is 0 Å². The van der Waals surface area contributed by atoms with Crippen molar-refractivity contribution in [2.75, 3.05) is 0 Å². The Bertz CT molecular complexity index is 610. The Balaban J connectivity index is 2.58. The van der Waals surface area contributed by atoms with Crippen LogP contribution in [0.5, 0.6) is 0 Å². The first-order chi connectivity index (χ1) is 9.18. The molecule has 0 aromatic heterocycles. The van der Waals surface area contributed by atoms with Gasteiger partial charge in [0, 0.05) is 11.0 Å². The number of carbonyl (C=O) groups excluding carboxylic acids is 2. The number of fused-ring (bicyclic) bond motifs is 1. The van der Waals surface area contributed by atoms with Crippen molar-refractivity contribution in [1.82, 2.24) is 0 Å². The summed E-state index contributed by atoms with van der Waals surface area (Å²) in [6, 6.07) is 1.79. The van der Waals surface area contributed by atoms with E-state index in [4.69, 9.17) is 28.9 Å². The average molecular weight is 314 g/mol. The molecule has 0 saturated carbocycles. The number of Topliss-reactive ketones (excluding diaryl/α,β-unsaturated/α-hetero) is 1. The van der Waals surface area contributed by atoms with Crippen LogP contribution in [-0.4, -0.2) is 11.7 Å². The smallest absolute Gasteiger partial charge is 0.221 e. The molecule has 1 amide bonds. The van der Waals surface area contributed by atoms with E-state index in [9.17, 15) is 9.59 Å². The van der Waals surface area contributed by atoms with Gasteiger partial charge in [-0.2, -0.15) is 0 Å². The SMILES string of the molecule is CC(C)C1(C)Cc2cc(CC(N)=O)c(Cl)c(Cl)c2C1=O. The second-order valence-corrected chi connectivity index (χ2v) is 6.67. The van der Waals surface area contributed by atoms with Gasteiger partial charge in [-0.05, 0) is 23.5 Å². The van der Waals surface area contributed by atoms with E-state index in [2.05, 4.69) is 0 Å². The van der Waals surface area contributed by atoms with Crippen LogP contribution in [0.2, 0.25) is 10.0 Å². The van der Waals surface area contributed by atoms with E-state index in [1.807, 2.05) is 20.8 Å². The highest BCUT2D eigenvalue weighted by Gasteiger charge is 2.45. The molecule has 0 fully saturated rings. The molecule has 5 heteroatoms. The van der Waals surface area contributed by atoms with E-state index in [0.29, 0.717) is 17.5 Å². The molecule has 0 radical (unpaired) electrons. The van der Waals surface area contributed by atoms with Crippen molar-refractivity contribution in [2.24, 2.45) is 17.1 Å². The van der Waals surface area contributed by atoms with Crippen LogP contribution in [0.15, 0.2) is 6.07 Å². The fourth-order valence-corrected chi connectivity index (χ4v) is 3.21. The van der Waals surface area contributed by atoms with Gasteiger partial charge in [-0.15, -0.1) is 0 Å². The van der Waals surface area contributed by atoms with Crippen LogP contribution in [-0.2, 0) is 17.6 Å². The average Bonchev–Trinajstić information content (AvgIpc) is 2.59. The minimum atomic E-state index is -0.473. The lowest BCUT2D eigenvalue weighted by molar-refractivity contribution is -0.117. The Kier molecular flexibility index (Phi) is 3.87. The number of carbonyl (C=O) groups is 2. The molecule has 1 unspecified atom stereocenters. The summed E-state index contributed by atoms with van der Waals surface area (Å²) in [5.74, 6) is -0.254. The molecule has 1 aromatic rings. The third kappa shape index (κ3) is 2.23. The molecule has 3 nitrogen and oxygen atoms in total. The maximum Gasteiger partial charge on any atom is 0.221 e. The Morgan fingerprint density at radius 3 is 2.50 bits per heavy atom. The first-order valence-corrected chi connectivity index (χ1v) is 7.27. The third-order valence-electron chi connectivity index (χ3n) is 4.31. The van der Waals surface area contributed by atoms with Crippen molar-refractivity contribution in [3.63, 3.8) is 0 Å². The predicted octanol–water partition coefficient (Wildman–Crippen LogP) is 3.42. The standard InChI is InChI=1S/C15H17Cl2NO2/c1-7(2)15(3)6-9-4-8(5-10(18)19)12(16)13(17)11(9)14(15)20/h4,7H,5-6H2,1-3H3,(H2,18,19). The van der Waals surface area contributed by atoms with Gasteiger partial charge in [0.1, 0.15) is 0 Å². The van der Waals surface area contributed by atoms with Gasteiger partial charge in [0.2, 0.25) is 5.91 Å². The van der Waals surface area contributed by atoms with Gasteiger partial charge in [-0.1, -0.05) is 50.0 Å². The molecule has 0 saturated heterocycles. The first-order valence-electron chi connectivity index (χ1n) is 6.51. The maximum atomic E-state index is 12.6. The van der Waals surface area contributed by atoms with E-state index in [1.54, 1.807) is 6.07 Å². The predicted molar refractivity (Wildman–Crippen MR) is 80.3 cm³/mol. The van der Waals surface area contributed by atoms with E-state index in [-0.39, 0.29) is 28.2 Å². The highest BCUT2D eigenvalue weighted by atomic mass is 35.5. The van der Waals surface area contributed by atoms with E-state index in [0.717, 1.165) is 5.56 Å². The molecule has 1 atom stereocenters. The van der Waals surface area contributed by atoms with Crippen molar-refractivity contribution in [3.05, 3.63) is 32.8 Å². The highest BCUT2D eigenvalue weighted by Crippen LogP contribution is 2.47. The molecule has 20 heavy (non-hydrogen) atoms. The quantitative estimate of drug-likeness (QED) is 0.929. The van der Waals surface area contributed by atoms with Crippen LogP contribution in [0.3, 0.4) is 0 Å². The maximum absolute atomic E-state index is 12.6. The Morgan fingerprint density at radius 1 is 1.40 bits per heavy atom. The van der Waals surface area contributed by atoms with Crippen molar-refractivity contribution < 1.29 is 9.59 Å². The molecule has 0 heterocycles. The minimum Gasteiger partial charge on any atom is -0.369 e. The number of rotatable bonds is 3. The molecule has 1 aliphatic carbocycles. The van der Waals surface area contributed by atoms with Gasteiger partial charge in [-0.25, -0.2) is 0 Å². The van der Waals surface area contributed by atoms with Crippen molar-refractivity contribution in [1.29, 1.82) is 0 Å². The summed E-state index contributed by atoms with van der Waals surface area (Å²) < 4.78 is 0. The topological polar surface area (TPSA) is 60.2 Å². The van der Waals surface area contributed by atoms with Gasteiger partial charge in [0.15, 0.2) is 5.78 Å². The normalized spacial score (nSPS) is 21.4. The van der Waals surface area contributed by atoms with Crippen LogP contribution < -0.4 is 5.73 Å². The van der Waals surface area contributed by atoms with Crippen LogP contribution in [0.25, 0.3) is 0 Å². The molecule has 0 spiro atoms. The number of hydrogen-bond donors (Lipinski definition) is 1. The van der Waals surface area contributed by atoms with Gasteiger partial charge in [0.25, 0.3) is 0 Å². The summed E-state index contributed by atoms with van der Waals surface area (Å²) in [5, 5.41) is 0.500. The molecular weight excluding hydrogens is 297 g/mol. The number of ketones is 1. The lowest BCUT2D eigenvalue weighted by atomic mass is 9.76. The third-order valence-corrected chi connectivity index (χ3v) is 5.21. The zero-order valence-corrected chi connectivity index (χ0v) is 13.2. The molecule has 108 valence electrons. The van der Waals surface area contributed by atoms with Gasteiger partial charge in [-0.3, -0.25) is 9.59 Å². The Morgan fingerprint density at radius 2 is 2.00 bits per heavy atom. The van der Waals surface area contributed by atoms with Crippen LogP contribution in [0, 0.1) is 11.3 Å². The summed E-state index contributed by atoms with van der Waals surface area (Å²) in [7, 11) is 0. The number of amides is 1. The minimum absolute atomic E-state index is 0.0262. The summed E-state index contributed by atoms with van der Waals surface area (Å²) in [6.45, 7) is 5.98. The summed E-state index contributed by atoms with van der Waals surface area (Å²) in [6.07, 6.45) is 0.639. The fourth-order valence-electron chi connectivity index (χ4n) is 2.67. The van der Waals surface area contributed by atoms with E-state index >= 15 is 0 Å². The fraction of sp³-hybridized carbons (Fsp3) is 0.467. The first kappa shape index (κ1) is 15.3. The van der Waals surface area contributed by atoms with Crippen LogP contribution >= 0.6 is 23.2 Å². The van der Waals surface area contributed by atoms with E-state index < -0.39 is 11.3 Å².